The van der Waals surface area contributed by atoms with Gasteiger partial charge in [0.1, 0.15) is 0 Å². The van der Waals surface area contributed by atoms with Crippen molar-refractivity contribution in [2.24, 2.45) is 0 Å². The maximum Gasteiger partial charge on any atom is 0.218 e. The molecule has 0 aromatic heterocycles. The third kappa shape index (κ3) is 3.66. The lowest BCUT2D eigenvalue weighted by Gasteiger charge is -2.14. The van der Waals surface area contributed by atoms with E-state index in [2.05, 4.69) is 4.72 Å². The van der Waals surface area contributed by atoms with Crippen molar-refractivity contribution < 1.29 is 8.42 Å². The highest BCUT2D eigenvalue weighted by atomic mass is 32.2. The molecule has 0 fully saturated rings. The van der Waals surface area contributed by atoms with E-state index < -0.39 is 15.3 Å². The van der Waals surface area contributed by atoms with Crippen molar-refractivity contribution in [3.8, 4) is 0 Å². The average molecular weight is 275 g/mol. The summed E-state index contributed by atoms with van der Waals surface area (Å²) in [6, 6.07) is 18.7. The molecule has 0 spiro atoms. The Hall–Kier alpha value is -1.65. The lowest BCUT2D eigenvalue weighted by atomic mass is 10.2. The maximum absolute atomic E-state index is 12.2. The van der Waals surface area contributed by atoms with Crippen molar-refractivity contribution in [3.63, 3.8) is 0 Å². The Bertz CT molecular complexity index is 609. The maximum atomic E-state index is 12.2. The van der Waals surface area contributed by atoms with Gasteiger partial charge in [-0.1, -0.05) is 60.7 Å². The average Bonchev–Trinajstić information content (AvgIpc) is 2.46. The summed E-state index contributed by atoms with van der Waals surface area (Å²) in [7, 11) is -3.36. The Balaban J connectivity index is 2.07. The fraction of sp³-hybridized carbons (Fsp3) is 0.200. The van der Waals surface area contributed by atoms with Crippen LogP contribution in [0.25, 0.3) is 0 Å². The van der Waals surface area contributed by atoms with Crippen molar-refractivity contribution in [2.75, 3.05) is 0 Å². The van der Waals surface area contributed by atoms with Crippen molar-refractivity contribution in [3.05, 3.63) is 71.8 Å². The van der Waals surface area contributed by atoms with Gasteiger partial charge in [0, 0.05) is 6.54 Å². The third-order valence-electron chi connectivity index (χ3n) is 3.05. The summed E-state index contributed by atoms with van der Waals surface area (Å²) < 4.78 is 27.0. The molecule has 0 radical (unpaired) electrons. The zero-order valence-electron chi connectivity index (χ0n) is 10.8. The van der Waals surface area contributed by atoms with E-state index in [4.69, 9.17) is 0 Å². The van der Waals surface area contributed by atoms with Crippen LogP contribution in [0.4, 0.5) is 0 Å². The molecule has 1 N–H and O–H groups in total. The summed E-state index contributed by atoms with van der Waals surface area (Å²) in [5.74, 6) is 0. The summed E-state index contributed by atoms with van der Waals surface area (Å²) in [4.78, 5) is 0. The van der Waals surface area contributed by atoms with Gasteiger partial charge in [-0.3, -0.25) is 0 Å². The topological polar surface area (TPSA) is 46.2 Å². The van der Waals surface area contributed by atoms with Crippen molar-refractivity contribution >= 4 is 10.0 Å². The number of nitrogens with one attached hydrogen (secondary N) is 1. The van der Waals surface area contributed by atoms with Crippen LogP contribution in [-0.4, -0.2) is 8.42 Å². The van der Waals surface area contributed by atoms with Gasteiger partial charge in [-0.25, -0.2) is 13.1 Å². The highest BCUT2D eigenvalue weighted by molar-refractivity contribution is 7.89. The summed E-state index contributed by atoms with van der Waals surface area (Å²) >= 11 is 0. The van der Waals surface area contributed by atoms with E-state index >= 15 is 0 Å². The third-order valence-corrected chi connectivity index (χ3v) is 4.80. The summed E-state index contributed by atoms with van der Waals surface area (Å²) in [6.45, 7) is 2.02. The van der Waals surface area contributed by atoms with Crippen molar-refractivity contribution in [2.45, 2.75) is 18.7 Å². The molecule has 1 atom stereocenters. The van der Waals surface area contributed by atoms with Gasteiger partial charge in [0.2, 0.25) is 10.0 Å². The first-order valence-corrected chi connectivity index (χ1v) is 7.71. The van der Waals surface area contributed by atoms with Crippen LogP contribution in [0.1, 0.15) is 23.3 Å². The second-order valence-electron chi connectivity index (χ2n) is 4.40. The number of rotatable bonds is 5. The highest BCUT2D eigenvalue weighted by Crippen LogP contribution is 2.20. The standard InChI is InChI=1S/C15H17NO2S/c1-13(15-10-6-3-7-11-15)19(17,18)16-12-14-8-4-2-5-9-14/h2-11,13,16H,12H2,1H3/t13-/m0/s1. The fourth-order valence-electron chi connectivity index (χ4n) is 1.81. The molecule has 0 saturated heterocycles. The summed E-state index contributed by atoms with van der Waals surface area (Å²) in [5, 5.41) is -0.558. The molecule has 0 aliphatic carbocycles. The molecule has 2 aromatic carbocycles. The lowest BCUT2D eigenvalue weighted by Crippen LogP contribution is -2.27. The molecule has 0 aliphatic heterocycles. The molecule has 4 heteroatoms. The molecule has 0 heterocycles. The minimum absolute atomic E-state index is 0.320. The minimum Gasteiger partial charge on any atom is -0.212 e. The fourth-order valence-corrected chi connectivity index (χ4v) is 2.94. The Morgan fingerprint density at radius 1 is 0.947 bits per heavy atom. The number of benzene rings is 2. The SMILES string of the molecule is C[C@@H](c1ccccc1)S(=O)(=O)NCc1ccccc1. The smallest absolute Gasteiger partial charge is 0.212 e. The van der Waals surface area contributed by atoms with Gasteiger partial charge in [-0.2, -0.15) is 0 Å². The molecule has 2 rings (SSSR count). The Morgan fingerprint density at radius 2 is 1.47 bits per heavy atom. The molecule has 2 aromatic rings. The largest absolute Gasteiger partial charge is 0.218 e. The van der Waals surface area contributed by atoms with Crippen LogP contribution >= 0.6 is 0 Å². The first-order chi connectivity index (χ1) is 9.09. The van der Waals surface area contributed by atoms with Gasteiger partial charge in [-0.15, -0.1) is 0 Å². The van der Waals surface area contributed by atoms with Crippen LogP contribution in [0.2, 0.25) is 0 Å². The van der Waals surface area contributed by atoms with Gasteiger partial charge >= 0.3 is 0 Å². The van der Waals surface area contributed by atoms with Gasteiger partial charge in [0.25, 0.3) is 0 Å². The second kappa shape index (κ2) is 5.99. The lowest BCUT2D eigenvalue weighted by molar-refractivity contribution is 0.571. The van der Waals surface area contributed by atoms with E-state index in [1.54, 1.807) is 6.92 Å². The zero-order valence-corrected chi connectivity index (χ0v) is 11.6. The van der Waals surface area contributed by atoms with E-state index in [9.17, 15) is 8.42 Å². The van der Waals surface area contributed by atoms with Crippen molar-refractivity contribution in [1.82, 2.24) is 4.72 Å². The number of sulfonamides is 1. The molecule has 19 heavy (non-hydrogen) atoms. The predicted molar refractivity (Wildman–Crippen MR) is 77.1 cm³/mol. The Kier molecular flexibility index (Phi) is 4.35. The molecular formula is C15H17NO2S. The molecule has 0 unspecified atom stereocenters. The molecule has 0 saturated carbocycles. The van der Waals surface area contributed by atoms with Crippen LogP contribution < -0.4 is 4.72 Å². The highest BCUT2D eigenvalue weighted by Gasteiger charge is 2.21. The monoisotopic (exact) mass is 275 g/mol. The van der Waals surface area contributed by atoms with Gasteiger partial charge in [-0.05, 0) is 18.1 Å². The van der Waals surface area contributed by atoms with E-state index in [-0.39, 0.29) is 0 Å². The zero-order chi connectivity index (χ0) is 13.7. The van der Waals surface area contributed by atoms with E-state index in [1.807, 2.05) is 60.7 Å². The predicted octanol–water partition coefficient (Wildman–Crippen LogP) is 2.87. The van der Waals surface area contributed by atoms with Crippen LogP contribution in [0.5, 0.6) is 0 Å². The van der Waals surface area contributed by atoms with Gasteiger partial charge in [0.15, 0.2) is 0 Å². The summed E-state index contributed by atoms with van der Waals surface area (Å²) in [5.41, 5.74) is 1.74. The van der Waals surface area contributed by atoms with Crippen LogP contribution in [0.15, 0.2) is 60.7 Å². The van der Waals surface area contributed by atoms with Gasteiger partial charge < -0.3 is 0 Å². The van der Waals surface area contributed by atoms with Gasteiger partial charge in [0.05, 0.1) is 5.25 Å². The quantitative estimate of drug-likeness (QED) is 0.912. The van der Waals surface area contributed by atoms with Crippen molar-refractivity contribution in [1.29, 1.82) is 0 Å². The van der Waals surface area contributed by atoms with Crippen LogP contribution in [0.3, 0.4) is 0 Å². The number of hydrogen-bond donors (Lipinski definition) is 1. The Morgan fingerprint density at radius 3 is 2.05 bits per heavy atom. The molecule has 0 bridgehead atoms. The first kappa shape index (κ1) is 13.8. The number of hydrogen-bond acceptors (Lipinski definition) is 2. The molecular weight excluding hydrogens is 258 g/mol. The summed E-state index contributed by atoms with van der Waals surface area (Å²) in [6.07, 6.45) is 0. The van der Waals surface area contributed by atoms with Crippen LogP contribution in [-0.2, 0) is 16.6 Å². The molecule has 3 nitrogen and oxygen atoms in total. The van der Waals surface area contributed by atoms with E-state index in [0.717, 1.165) is 11.1 Å². The first-order valence-electron chi connectivity index (χ1n) is 6.17. The van der Waals surface area contributed by atoms with E-state index in [0.29, 0.717) is 6.54 Å². The molecule has 0 amide bonds. The molecule has 100 valence electrons. The van der Waals surface area contributed by atoms with E-state index in [1.165, 1.54) is 0 Å². The van der Waals surface area contributed by atoms with Crippen LogP contribution in [0, 0.1) is 0 Å². The minimum atomic E-state index is -3.36. The molecule has 0 aliphatic rings. The second-order valence-corrected chi connectivity index (χ2v) is 6.49. The Labute approximate surface area is 114 Å². The normalized spacial score (nSPS) is 13.1.